The number of carbonyl (C=O) groups excluding carboxylic acids is 3. The van der Waals surface area contributed by atoms with Crippen LogP contribution in [0.4, 0.5) is 17.1 Å². The number of hydrogen-bond donors (Lipinski definition) is 1. The monoisotopic (exact) mass is 443 g/mol. The Kier molecular flexibility index (Phi) is 6.88. The fourth-order valence-electron chi connectivity index (χ4n) is 3.26. The molecule has 0 spiro atoms. The van der Waals surface area contributed by atoms with E-state index in [9.17, 15) is 24.5 Å². The molecule has 2 aromatic rings. The van der Waals surface area contributed by atoms with Crippen LogP contribution in [0, 0.1) is 16.0 Å². The van der Waals surface area contributed by atoms with E-state index in [0.717, 1.165) is 0 Å². The van der Waals surface area contributed by atoms with E-state index in [1.807, 2.05) is 0 Å². The average Bonchev–Trinajstić information content (AvgIpc) is 3.18. The normalized spacial score (nSPS) is 15.2. The summed E-state index contributed by atoms with van der Waals surface area (Å²) in [5, 5.41) is 13.2. The van der Waals surface area contributed by atoms with Gasteiger partial charge in [-0.05, 0) is 18.2 Å². The topological polar surface area (TPSA) is 137 Å². The molecule has 1 fully saturated rings. The zero-order valence-corrected chi connectivity index (χ0v) is 17.4. The van der Waals surface area contributed by atoms with Crippen LogP contribution in [0.1, 0.15) is 6.42 Å². The molecule has 1 aliphatic heterocycles. The van der Waals surface area contributed by atoms with Gasteiger partial charge in [-0.15, -0.1) is 0 Å². The highest BCUT2D eigenvalue weighted by Gasteiger charge is 2.37. The summed E-state index contributed by atoms with van der Waals surface area (Å²) in [7, 11) is 2.97. The summed E-state index contributed by atoms with van der Waals surface area (Å²) in [6, 6.07) is 10.3. The van der Waals surface area contributed by atoms with Crippen molar-refractivity contribution in [3.8, 4) is 11.5 Å². The van der Waals surface area contributed by atoms with Crippen LogP contribution in [0.5, 0.6) is 11.5 Å². The molecule has 0 saturated carbocycles. The van der Waals surface area contributed by atoms with Crippen molar-refractivity contribution in [1.82, 2.24) is 0 Å². The molecule has 11 nitrogen and oxygen atoms in total. The second kappa shape index (κ2) is 9.77. The third-order valence-corrected chi connectivity index (χ3v) is 4.82. The van der Waals surface area contributed by atoms with Crippen LogP contribution in [0.3, 0.4) is 0 Å². The number of benzene rings is 2. The highest BCUT2D eigenvalue weighted by molar-refractivity contribution is 6.01. The van der Waals surface area contributed by atoms with Gasteiger partial charge in [-0.25, -0.2) is 0 Å². The van der Waals surface area contributed by atoms with Gasteiger partial charge >= 0.3 is 5.97 Å². The number of nitrogens with one attached hydrogen (secondary N) is 1. The summed E-state index contributed by atoms with van der Waals surface area (Å²) in [5.41, 5.74) is 0.518. The fourth-order valence-corrected chi connectivity index (χ4v) is 3.26. The second-order valence-corrected chi connectivity index (χ2v) is 6.91. The number of amides is 2. The lowest BCUT2D eigenvalue weighted by molar-refractivity contribution is -0.384. The first-order chi connectivity index (χ1) is 15.3. The quantitative estimate of drug-likeness (QED) is 0.372. The number of methoxy groups -OCH3 is 2. The molecule has 2 aromatic carbocycles. The van der Waals surface area contributed by atoms with Gasteiger partial charge < -0.3 is 24.4 Å². The summed E-state index contributed by atoms with van der Waals surface area (Å²) in [4.78, 5) is 48.6. The van der Waals surface area contributed by atoms with E-state index in [-0.39, 0.29) is 30.2 Å². The number of esters is 1. The zero-order chi connectivity index (χ0) is 23.3. The Hall–Kier alpha value is -4.15. The van der Waals surface area contributed by atoms with Crippen LogP contribution in [0.2, 0.25) is 0 Å². The van der Waals surface area contributed by atoms with E-state index in [2.05, 4.69) is 5.32 Å². The number of non-ortho nitro benzene ring substituents is 1. The molecule has 11 heteroatoms. The number of carbonyl (C=O) groups is 3. The van der Waals surface area contributed by atoms with Gasteiger partial charge in [0.2, 0.25) is 5.91 Å². The molecule has 32 heavy (non-hydrogen) atoms. The van der Waals surface area contributed by atoms with E-state index in [4.69, 9.17) is 14.2 Å². The largest absolute Gasteiger partial charge is 0.497 e. The van der Waals surface area contributed by atoms with Crippen molar-refractivity contribution in [2.45, 2.75) is 6.42 Å². The van der Waals surface area contributed by atoms with Crippen molar-refractivity contribution >= 4 is 34.8 Å². The van der Waals surface area contributed by atoms with Crippen molar-refractivity contribution in [3.05, 3.63) is 52.6 Å². The number of nitrogens with zero attached hydrogens (tertiary/aromatic N) is 2. The van der Waals surface area contributed by atoms with Crippen molar-refractivity contribution in [2.24, 2.45) is 5.92 Å². The maximum atomic E-state index is 12.5. The van der Waals surface area contributed by atoms with Crippen LogP contribution < -0.4 is 19.7 Å². The minimum Gasteiger partial charge on any atom is -0.497 e. The van der Waals surface area contributed by atoms with Crippen molar-refractivity contribution in [2.75, 3.05) is 37.6 Å². The maximum absolute atomic E-state index is 12.5. The van der Waals surface area contributed by atoms with E-state index in [1.54, 1.807) is 18.2 Å². The lowest BCUT2D eigenvalue weighted by atomic mass is 10.1. The molecule has 3 rings (SSSR count). The smallest absolute Gasteiger partial charge is 0.311 e. The summed E-state index contributed by atoms with van der Waals surface area (Å²) in [6.45, 7) is -0.509. The number of nitro benzene ring substituents is 1. The molecule has 0 radical (unpaired) electrons. The molecule has 2 amide bonds. The first kappa shape index (κ1) is 22.5. The molecule has 0 bridgehead atoms. The highest BCUT2D eigenvalue weighted by atomic mass is 16.6. The molecule has 1 saturated heterocycles. The second-order valence-electron chi connectivity index (χ2n) is 6.91. The van der Waals surface area contributed by atoms with Gasteiger partial charge in [0.25, 0.3) is 11.6 Å². The van der Waals surface area contributed by atoms with Gasteiger partial charge in [-0.3, -0.25) is 24.5 Å². The molecule has 1 atom stereocenters. The van der Waals surface area contributed by atoms with Gasteiger partial charge in [-0.2, -0.15) is 0 Å². The number of hydrogen-bond acceptors (Lipinski definition) is 8. The van der Waals surface area contributed by atoms with E-state index >= 15 is 0 Å². The lowest BCUT2D eigenvalue weighted by Crippen LogP contribution is -2.28. The Labute approximate surface area is 183 Å². The molecule has 0 aliphatic carbocycles. The minimum atomic E-state index is -0.750. The predicted octanol–water partition coefficient (Wildman–Crippen LogP) is 2.15. The number of ether oxygens (including phenoxy) is 3. The minimum absolute atomic E-state index is 0.0689. The molecule has 0 unspecified atom stereocenters. The Bertz CT molecular complexity index is 1060. The number of nitro groups is 1. The first-order valence-electron chi connectivity index (χ1n) is 9.55. The summed E-state index contributed by atoms with van der Waals surface area (Å²) in [6.07, 6.45) is -0.0689. The van der Waals surface area contributed by atoms with Gasteiger partial charge in [0.1, 0.15) is 11.5 Å². The van der Waals surface area contributed by atoms with Crippen molar-refractivity contribution < 1.29 is 33.5 Å². The van der Waals surface area contributed by atoms with Crippen molar-refractivity contribution in [1.29, 1.82) is 0 Å². The van der Waals surface area contributed by atoms with Crippen LogP contribution in [0.15, 0.2) is 42.5 Å². The summed E-state index contributed by atoms with van der Waals surface area (Å²) >= 11 is 0. The van der Waals surface area contributed by atoms with Gasteiger partial charge in [0.05, 0.1) is 30.7 Å². The van der Waals surface area contributed by atoms with Gasteiger partial charge in [0, 0.05) is 36.9 Å². The predicted molar refractivity (Wildman–Crippen MR) is 113 cm³/mol. The average molecular weight is 443 g/mol. The van der Waals surface area contributed by atoms with Crippen LogP contribution in [-0.4, -0.2) is 50.1 Å². The molecular weight excluding hydrogens is 422 g/mol. The molecule has 1 heterocycles. The zero-order valence-electron chi connectivity index (χ0n) is 17.4. The SMILES string of the molecule is COc1ccc(N2C[C@@H](C(=O)OCC(=O)Nc3cccc([N+](=O)[O-])c3)CC2=O)c(OC)c1. The number of rotatable bonds is 8. The summed E-state index contributed by atoms with van der Waals surface area (Å²) < 4.78 is 15.5. The molecule has 1 N–H and O–H groups in total. The lowest BCUT2D eigenvalue weighted by Gasteiger charge is -2.20. The Morgan fingerprint density at radius 2 is 1.97 bits per heavy atom. The van der Waals surface area contributed by atoms with E-state index in [1.165, 1.54) is 43.4 Å². The Morgan fingerprint density at radius 3 is 2.66 bits per heavy atom. The van der Waals surface area contributed by atoms with Crippen LogP contribution >= 0.6 is 0 Å². The van der Waals surface area contributed by atoms with Crippen molar-refractivity contribution in [3.63, 3.8) is 0 Å². The van der Waals surface area contributed by atoms with Gasteiger partial charge in [-0.1, -0.05) is 6.07 Å². The van der Waals surface area contributed by atoms with Gasteiger partial charge in [0.15, 0.2) is 6.61 Å². The Morgan fingerprint density at radius 1 is 1.19 bits per heavy atom. The standard InChI is InChI=1S/C21H21N3O8/c1-30-16-6-7-17(18(10-16)31-2)23-11-13(8-20(23)26)21(27)32-12-19(25)22-14-4-3-5-15(9-14)24(28)29/h3-7,9-10,13H,8,11-12H2,1-2H3,(H,22,25)/t13-/m0/s1. The molecule has 1 aliphatic rings. The van der Waals surface area contributed by atoms with Crippen LogP contribution in [0.25, 0.3) is 0 Å². The Balaban J connectivity index is 1.57. The van der Waals surface area contributed by atoms with E-state index < -0.39 is 29.3 Å². The highest BCUT2D eigenvalue weighted by Crippen LogP contribution is 2.36. The molecule has 168 valence electrons. The number of anilines is 2. The molecular formula is C21H21N3O8. The first-order valence-corrected chi connectivity index (χ1v) is 9.55. The maximum Gasteiger partial charge on any atom is 0.311 e. The fraction of sp³-hybridized carbons (Fsp3) is 0.286. The third kappa shape index (κ3) is 5.12. The summed E-state index contributed by atoms with van der Waals surface area (Å²) in [5.74, 6) is -1.40. The van der Waals surface area contributed by atoms with E-state index in [0.29, 0.717) is 17.2 Å². The molecule has 0 aromatic heterocycles. The van der Waals surface area contributed by atoms with Crippen LogP contribution in [-0.2, 0) is 19.1 Å². The third-order valence-electron chi connectivity index (χ3n) is 4.82.